The van der Waals surface area contributed by atoms with E-state index in [1.807, 2.05) is 18.2 Å². The van der Waals surface area contributed by atoms with E-state index in [1.165, 1.54) is 11.1 Å². The molecule has 1 aromatic carbocycles. The molecule has 0 saturated carbocycles. The molecular formula is C22H20F3N3O3. The number of nitrogens with one attached hydrogen (secondary N) is 1. The van der Waals surface area contributed by atoms with Crippen LogP contribution in [0.3, 0.4) is 0 Å². The molecule has 1 atom stereocenters. The third kappa shape index (κ3) is 5.83. The Kier molecular flexibility index (Phi) is 6.92. The lowest BCUT2D eigenvalue weighted by Gasteiger charge is -2.25. The van der Waals surface area contributed by atoms with Gasteiger partial charge in [0, 0.05) is 17.1 Å². The molecule has 0 bridgehead atoms. The fraction of sp³-hybridized carbons (Fsp3) is 0.318. The van der Waals surface area contributed by atoms with Gasteiger partial charge in [-0.25, -0.2) is 9.78 Å². The van der Waals surface area contributed by atoms with E-state index in [-0.39, 0.29) is 0 Å². The number of halogens is 3. The number of aromatic nitrogens is 1. The van der Waals surface area contributed by atoms with E-state index in [4.69, 9.17) is 19.6 Å². The van der Waals surface area contributed by atoms with E-state index in [1.54, 1.807) is 6.26 Å². The molecule has 2 aromatic heterocycles. The summed E-state index contributed by atoms with van der Waals surface area (Å²) < 4.78 is 37.1. The van der Waals surface area contributed by atoms with Gasteiger partial charge in [0.2, 0.25) is 0 Å². The second-order valence-corrected chi connectivity index (χ2v) is 7.09. The molecule has 3 aromatic rings. The molecule has 0 amide bonds. The van der Waals surface area contributed by atoms with Crippen molar-refractivity contribution in [3.05, 3.63) is 65.2 Å². The Morgan fingerprint density at radius 2 is 2.06 bits per heavy atom. The normalized spacial score (nSPS) is 15.5. The third-order valence-electron chi connectivity index (χ3n) is 4.97. The molecule has 1 aliphatic carbocycles. The number of alkyl halides is 3. The highest BCUT2D eigenvalue weighted by molar-refractivity contribution is 5.77. The largest absolute Gasteiger partial charge is 0.490 e. The first kappa shape index (κ1) is 22.3. The number of pyridine rings is 1. The summed E-state index contributed by atoms with van der Waals surface area (Å²) in [5.74, 6) is -2.76. The maximum absolute atomic E-state index is 10.6. The number of nitrogens with zero attached hydrogens (tertiary/aromatic N) is 2. The zero-order valence-electron chi connectivity index (χ0n) is 16.4. The van der Waals surface area contributed by atoms with Crippen molar-refractivity contribution in [2.24, 2.45) is 0 Å². The first-order valence-corrected chi connectivity index (χ1v) is 9.67. The summed E-state index contributed by atoms with van der Waals surface area (Å²) in [5, 5.41) is 20.9. The summed E-state index contributed by atoms with van der Waals surface area (Å²) in [4.78, 5) is 13.4. The van der Waals surface area contributed by atoms with E-state index >= 15 is 0 Å². The highest BCUT2D eigenvalue weighted by Gasteiger charge is 2.38. The second-order valence-electron chi connectivity index (χ2n) is 7.09. The summed E-state index contributed by atoms with van der Waals surface area (Å²) in [5.41, 5.74) is 5.10. The van der Waals surface area contributed by atoms with Gasteiger partial charge < -0.3 is 14.8 Å². The maximum atomic E-state index is 10.6. The van der Waals surface area contributed by atoms with Crippen LogP contribution in [0.4, 0.5) is 13.2 Å². The van der Waals surface area contributed by atoms with Crippen LogP contribution in [0.5, 0.6) is 0 Å². The number of benzene rings is 1. The molecule has 9 heteroatoms. The smallest absolute Gasteiger partial charge is 0.475 e. The van der Waals surface area contributed by atoms with Gasteiger partial charge >= 0.3 is 12.1 Å². The van der Waals surface area contributed by atoms with Gasteiger partial charge in [-0.15, -0.1) is 0 Å². The van der Waals surface area contributed by atoms with Crippen LogP contribution in [0.15, 0.2) is 47.1 Å². The van der Waals surface area contributed by atoms with Crippen LogP contribution < -0.4 is 5.32 Å². The SMILES string of the molecule is N#Cc1ccc2c(n1)CCCC2NCCc1ccc2occc2c1.O=C(O)C(F)(F)F. The van der Waals surface area contributed by atoms with Crippen molar-refractivity contribution in [2.75, 3.05) is 6.54 Å². The molecular weight excluding hydrogens is 411 g/mol. The van der Waals surface area contributed by atoms with E-state index in [2.05, 4.69) is 34.6 Å². The lowest BCUT2D eigenvalue weighted by Crippen LogP contribution is -2.27. The third-order valence-corrected chi connectivity index (χ3v) is 4.97. The van der Waals surface area contributed by atoms with E-state index in [0.29, 0.717) is 11.7 Å². The number of carboxylic acids is 1. The fourth-order valence-electron chi connectivity index (χ4n) is 3.50. The molecule has 0 fully saturated rings. The summed E-state index contributed by atoms with van der Waals surface area (Å²) in [6, 6.07) is 14.7. The van der Waals surface area contributed by atoms with Gasteiger partial charge in [0.25, 0.3) is 0 Å². The molecule has 0 aliphatic heterocycles. The first-order chi connectivity index (χ1) is 14.8. The molecule has 162 valence electrons. The number of rotatable bonds is 4. The number of fused-ring (bicyclic) bond motifs is 2. The number of furan rings is 1. The van der Waals surface area contributed by atoms with Gasteiger partial charge in [0.05, 0.1) is 6.26 Å². The summed E-state index contributed by atoms with van der Waals surface area (Å²) >= 11 is 0. The van der Waals surface area contributed by atoms with Gasteiger partial charge in [-0.1, -0.05) is 12.1 Å². The number of carbonyl (C=O) groups is 1. The van der Waals surface area contributed by atoms with Crippen LogP contribution in [0.1, 0.15) is 41.4 Å². The minimum Gasteiger partial charge on any atom is -0.475 e. The van der Waals surface area contributed by atoms with Crippen molar-refractivity contribution < 1.29 is 27.5 Å². The molecule has 4 rings (SSSR count). The molecule has 2 heterocycles. The molecule has 1 aliphatic rings. The van der Waals surface area contributed by atoms with Gasteiger partial charge in [0.1, 0.15) is 17.3 Å². The second kappa shape index (κ2) is 9.62. The predicted molar refractivity (Wildman–Crippen MR) is 106 cm³/mol. The monoisotopic (exact) mass is 431 g/mol. The Hall–Kier alpha value is -3.38. The minimum atomic E-state index is -5.08. The van der Waals surface area contributed by atoms with Crippen molar-refractivity contribution in [2.45, 2.75) is 37.9 Å². The summed E-state index contributed by atoms with van der Waals surface area (Å²) in [6.45, 7) is 0.924. The van der Waals surface area contributed by atoms with Gasteiger partial charge in [-0.3, -0.25) is 0 Å². The van der Waals surface area contributed by atoms with Crippen LogP contribution in [-0.4, -0.2) is 28.8 Å². The number of aryl methyl sites for hydroxylation is 1. The Morgan fingerprint density at radius 1 is 1.29 bits per heavy atom. The van der Waals surface area contributed by atoms with E-state index in [0.717, 1.165) is 48.9 Å². The lowest BCUT2D eigenvalue weighted by molar-refractivity contribution is -0.192. The fourth-order valence-corrected chi connectivity index (χ4v) is 3.50. The molecule has 2 N–H and O–H groups in total. The van der Waals surface area contributed by atoms with Gasteiger partial charge in [-0.05, 0) is 67.6 Å². The van der Waals surface area contributed by atoms with Crippen molar-refractivity contribution in [1.29, 1.82) is 5.26 Å². The molecule has 0 spiro atoms. The quantitative estimate of drug-likeness (QED) is 0.629. The average molecular weight is 431 g/mol. The van der Waals surface area contributed by atoms with E-state index in [9.17, 15) is 13.2 Å². The van der Waals surface area contributed by atoms with Crippen molar-refractivity contribution >= 4 is 16.9 Å². The topological polar surface area (TPSA) is 99.2 Å². The number of hydrogen-bond acceptors (Lipinski definition) is 5. The molecule has 0 radical (unpaired) electrons. The Morgan fingerprint density at radius 3 is 2.77 bits per heavy atom. The van der Waals surface area contributed by atoms with Crippen LogP contribution >= 0.6 is 0 Å². The summed E-state index contributed by atoms with van der Waals surface area (Å²) in [7, 11) is 0. The number of hydrogen-bond donors (Lipinski definition) is 2. The van der Waals surface area contributed by atoms with Crippen LogP contribution in [0.2, 0.25) is 0 Å². The van der Waals surface area contributed by atoms with Crippen molar-refractivity contribution in [1.82, 2.24) is 10.3 Å². The summed E-state index contributed by atoms with van der Waals surface area (Å²) in [6.07, 6.45) is 0.847. The van der Waals surface area contributed by atoms with Gasteiger partial charge in [-0.2, -0.15) is 18.4 Å². The Bertz CT molecular complexity index is 1100. The van der Waals surface area contributed by atoms with Crippen LogP contribution in [-0.2, 0) is 17.6 Å². The highest BCUT2D eigenvalue weighted by Crippen LogP contribution is 2.28. The lowest BCUT2D eigenvalue weighted by atomic mass is 9.91. The molecule has 6 nitrogen and oxygen atoms in total. The number of carboxylic acid groups (broad SMARTS) is 1. The molecule has 31 heavy (non-hydrogen) atoms. The number of aliphatic carboxylic acids is 1. The average Bonchev–Trinajstić information content (AvgIpc) is 3.21. The predicted octanol–water partition coefficient (Wildman–Crippen LogP) is 4.54. The van der Waals surface area contributed by atoms with Crippen molar-refractivity contribution in [3.63, 3.8) is 0 Å². The Balaban J connectivity index is 0.000000339. The Labute approximate surface area is 176 Å². The standard InChI is InChI=1S/C20H19N3O.C2HF3O2/c21-13-16-5-6-17-18(2-1-3-19(17)23-16)22-10-8-14-4-7-20-15(12-14)9-11-24-20;3-2(4,5)1(6)7/h4-7,9,11-12,18,22H,1-3,8,10H2;(H,6,7). The molecule has 1 unspecified atom stereocenters. The van der Waals surface area contributed by atoms with Crippen molar-refractivity contribution in [3.8, 4) is 6.07 Å². The van der Waals surface area contributed by atoms with Gasteiger partial charge in [0.15, 0.2) is 0 Å². The van der Waals surface area contributed by atoms with Crippen LogP contribution in [0.25, 0.3) is 11.0 Å². The molecule has 0 saturated heterocycles. The number of nitriles is 1. The maximum Gasteiger partial charge on any atom is 0.490 e. The first-order valence-electron chi connectivity index (χ1n) is 9.67. The zero-order chi connectivity index (χ0) is 22.4. The van der Waals surface area contributed by atoms with E-state index < -0.39 is 12.1 Å². The zero-order valence-corrected chi connectivity index (χ0v) is 16.4. The minimum absolute atomic E-state index is 0.339. The highest BCUT2D eigenvalue weighted by atomic mass is 19.4. The van der Waals surface area contributed by atoms with Crippen LogP contribution in [0, 0.1) is 11.3 Å².